The van der Waals surface area contributed by atoms with Crippen LogP contribution in [0, 0.1) is 5.82 Å². The van der Waals surface area contributed by atoms with Gasteiger partial charge in [-0.25, -0.2) is 12.8 Å². The van der Waals surface area contributed by atoms with Crippen molar-refractivity contribution >= 4 is 37.3 Å². The summed E-state index contributed by atoms with van der Waals surface area (Å²) in [6.07, 6.45) is 4.88. The lowest BCUT2D eigenvalue weighted by molar-refractivity contribution is 0.0895. The molecule has 0 aliphatic heterocycles. The van der Waals surface area contributed by atoms with E-state index in [4.69, 9.17) is 0 Å². The number of ketones is 1. The van der Waals surface area contributed by atoms with E-state index in [9.17, 15) is 21.8 Å². The Morgan fingerprint density at radius 3 is 2.18 bits per heavy atom. The maximum Gasteiger partial charge on any atom is 0.173 e. The Bertz CT molecular complexity index is 2000. The number of carbonyl (C=O) groups is 1. The van der Waals surface area contributed by atoms with Gasteiger partial charge in [0.15, 0.2) is 15.6 Å². The van der Waals surface area contributed by atoms with Crippen LogP contribution in [0.4, 0.5) is 4.39 Å². The standard InChI is InChI=1S/C36H34FNO4S2/c1-35(2,44(5,41)42)29-21-27-10-7-19-38-33(27)32(22-29)26-9-6-8-24(20-26)23-36(3,28-13-17-31(18-14-28)43(4)40)34(39)25-11-15-30(37)16-12-25/h6-22H,23H2,1-5H3. The van der Waals surface area contributed by atoms with Gasteiger partial charge in [-0.15, -0.1) is 0 Å². The zero-order chi connectivity index (χ0) is 31.9. The van der Waals surface area contributed by atoms with Gasteiger partial charge in [-0.1, -0.05) is 42.5 Å². The minimum Gasteiger partial charge on any atom is -0.293 e. The fourth-order valence-corrected chi connectivity index (χ4v) is 6.54. The van der Waals surface area contributed by atoms with Gasteiger partial charge in [-0.05, 0) is 104 Å². The van der Waals surface area contributed by atoms with E-state index < -0.39 is 36.6 Å². The van der Waals surface area contributed by atoms with Gasteiger partial charge in [-0.2, -0.15) is 0 Å². The van der Waals surface area contributed by atoms with Crippen molar-refractivity contribution in [2.75, 3.05) is 12.5 Å². The van der Waals surface area contributed by atoms with E-state index >= 15 is 0 Å². The van der Waals surface area contributed by atoms with E-state index in [-0.39, 0.29) is 5.78 Å². The van der Waals surface area contributed by atoms with Gasteiger partial charge in [0.1, 0.15) is 5.82 Å². The summed E-state index contributed by atoms with van der Waals surface area (Å²) < 4.78 is 50.2. The minimum atomic E-state index is -3.43. The van der Waals surface area contributed by atoms with Crippen LogP contribution in [-0.2, 0) is 37.2 Å². The van der Waals surface area contributed by atoms with Gasteiger partial charge in [-0.3, -0.25) is 14.0 Å². The molecule has 226 valence electrons. The monoisotopic (exact) mass is 627 g/mol. The van der Waals surface area contributed by atoms with Crippen molar-refractivity contribution in [3.05, 3.63) is 131 Å². The molecule has 0 bridgehead atoms. The smallest absolute Gasteiger partial charge is 0.173 e. The van der Waals surface area contributed by atoms with Crippen LogP contribution >= 0.6 is 0 Å². The third kappa shape index (κ3) is 6.01. The highest BCUT2D eigenvalue weighted by Gasteiger charge is 2.37. The van der Waals surface area contributed by atoms with E-state index in [2.05, 4.69) is 4.98 Å². The summed E-state index contributed by atoms with van der Waals surface area (Å²) in [6, 6.07) is 28.1. The zero-order valence-electron chi connectivity index (χ0n) is 25.3. The molecule has 0 radical (unpaired) electrons. The molecule has 0 saturated heterocycles. The number of carbonyl (C=O) groups excluding carboxylic acids is 1. The lowest BCUT2D eigenvalue weighted by Gasteiger charge is -2.30. The molecule has 0 aliphatic rings. The Morgan fingerprint density at radius 1 is 0.864 bits per heavy atom. The van der Waals surface area contributed by atoms with Gasteiger partial charge < -0.3 is 0 Å². The topological polar surface area (TPSA) is 81.2 Å². The largest absolute Gasteiger partial charge is 0.293 e. The van der Waals surface area contributed by atoms with Crippen LogP contribution in [0.5, 0.6) is 0 Å². The molecule has 4 aromatic carbocycles. The minimum absolute atomic E-state index is 0.169. The lowest BCUT2D eigenvalue weighted by Crippen LogP contribution is -2.35. The zero-order valence-corrected chi connectivity index (χ0v) is 26.9. The molecule has 0 fully saturated rings. The number of hydrogen-bond acceptors (Lipinski definition) is 5. The average molecular weight is 628 g/mol. The lowest BCUT2D eigenvalue weighted by atomic mass is 9.72. The molecule has 44 heavy (non-hydrogen) atoms. The predicted molar refractivity (Wildman–Crippen MR) is 176 cm³/mol. The summed E-state index contributed by atoms with van der Waals surface area (Å²) in [5.74, 6) is -0.592. The van der Waals surface area contributed by atoms with Crippen LogP contribution in [0.15, 0.2) is 108 Å². The molecule has 0 spiro atoms. The highest BCUT2D eigenvalue weighted by atomic mass is 32.2. The Labute approximate surface area is 260 Å². The van der Waals surface area contributed by atoms with E-state index in [0.29, 0.717) is 22.4 Å². The first-order valence-electron chi connectivity index (χ1n) is 14.1. The van der Waals surface area contributed by atoms with Gasteiger partial charge in [0.2, 0.25) is 0 Å². The first-order valence-corrected chi connectivity index (χ1v) is 17.6. The predicted octanol–water partition coefficient (Wildman–Crippen LogP) is 7.44. The molecule has 8 heteroatoms. The SMILES string of the molecule is CS(=O)c1ccc(C(C)(Cc2cccc(-c3cc(C(C)(C)S(C)(=O)=O)cc4cccnc34)c2)C(=O)c2ccc(F)cc2)cc1. The van der Waals surface area contributed by atoms with Crippen molar-refractivity contribution in [2.45, 2.75) is 42.2 Å². The highest BCUT2D eigenvalue weighted by molar-refractivity contribution is 7.91. The number of fused-ring (bicyclic) bond motifs is 1. The summed E-state index contributed by atoms with van der Waals surface area (Å²) in [4.78, 5) is 19.4. The van der Waals surface area contributed by atoms with E-state index in [0.717, 1.165) is 33.2 Å². The number of benzene rings is 4. The Kier molecular flexibility index (Phi) is 8.44. The molecule has 0 amide bonds. The second-order valence-electron chi connectivity index (χ2n) is 11.9. The molecule has 5 aromatic rings. The van der Waals surface area contributed by atoms with Gasteiger partial charge in [0.05, 0.1) is 15.7 Å². The number of pyridine rings is 1. The van der Waals surface area contributed by atoms with Crippen molar-refractivity contribution < 1.29 is 21.8 Å². The van der Waals surface area contributed by atoms with Crippen LogP contribution < -0.4 is 0 Å². The van der Waals surface area contributed by atoms with E-state index in [1.165, 1.54) is 30.5 Å². The molecule has 1 heterocycles. The third-order valence-corrected chi connectivity index (χ3v) is 11.6. The summed E-state index contributed by atoms with van der Waals surface area (Å²) in [6.45, 7) is 5.27. The fourth-order valence-electron chi connectivity index (χ4n) is 5.48. The first-order chi connectivity index (χ1) is 20.7. The number of rotatable bonds is 9. The number of aromatic nitrogens is 1. The Hall–Kier alpha value is -4.01. The molecule has 0 saturated carbocycles. The second kappa shape index (κ2) is 11.8. The number of nitrogens with zero attached hydrogens (tertiary/aromatic N) is 1. The number of Topliss-reactive ketones (excluding diaryl/α,β-unsaturated/α-hetero) is 1. The average Bonchev–Trinajstić information content (AvgIpc) is 3.00. The molecule has 0 aliphatic carbocycles. The molecular formula is C36H34FNO4S2. The van der Waals surface area contributed by atoms with Crippen LogP contribution in [0.2, 0.25) is 0 Å². The van der Waals surface area contributed by atoms with Crippen LogP contribution in [-0.4, -0.2) is 35.9 Å². The summed E-state index contributed by atoms with van der Waals surface area (Å²) in [7, 11) is -4.61. The van der Waals surface area contributed by atoms with Gasteiger partial charge in [0, 0.05) is 50.9 Å². The number of hydrogen-bond donors (Lipinski definition) is 0. The summed E-state index contributed by atoms with van der Waals surface area (Å²) >= 11 is 0. The van der Waals surface area contributed by atoms with Crippen LogP contribution in [0.1, 0.15) is 47.8 Å². The van der Waals surface area contributed by atoms with E-state index in [1.54, 1.807) is 38.4 Å². The maximum absolute atomic E-state index is 14.1. The van der Waals surface area contributed by atoms with Crippen molar-refractivity contribution in [2.24, 2.45) is 0 Å². The van der Waals surface area contributed by atoms with Crippen LogP contribution in [0.25, 0.3) is 22.0 Å². The molecule has 2 unspecified atom stereocenters. The van der Waals surface area contributed by atoms with Crippen molar-refractivity contribution in [1.82, 2.24) is 4.98 Å². The van der Waals surface area contributed by atoms with Crippen molar-refractivity contribution in [3.8, 4) is 11.1 Å². The highest BCUT2D eigenvalue weighted by Crippen LogP contribution is 2.38. The van der Waals surface area contributed by atoms with Gasteiger partial charge >= 0.3 is 0 Å². The second-order valence-corrected chi connectivity index (χ2v) is 15.8. The van der Waals surface area contributed by atoms with Crippen molar-refractivity contribution in [1.29, 1.82) is 0 Å². The fraction of sp³-hybridized carbons (Fsp3) is 0.222. The number of halogens is 1. The molecule has 2 atom stereocenters. The maximum atomic E-state index is 14.1. The molecular weight excluding hydrogens is 594 g/mol. The quantitative estimate of drug-likeness (QED) is 0.159. The number of sulfone groups is 1. The first kappa shape index (κ1) is 31.4. The van der Waals surface area contributed by atoms with Crippen molar-refractivity contribution in [3.63, 3.8) is 0 Å². The normalized spacial score (nSPS) is 14.2. The van der Waals surface area contributed by atoms with Crippen LogP contribution in [0.3, 0.4) is 0 Å². The summed E-state index contributed by atoms with van der Waals surface area (Å²) in [5.41, 5.74) is 4.00. The van der Waals surface area contributed by atoms with Gasteiger partial charge in [0.25, 0.3) is 0 Å². The Morgan fingerprint density at radius 2 is 1.55 bits per heavy atom. The molecule has 0 N–H and O–H groups in total. The summed E-state index contributed by atoms with van der Waals surface area (Å²) in [5, 5.41) is 0.826. The molecule has 5 nitrogen and oxygen atoms in total. The third-order valence-electron chi connectivity index (χ3n) is 8.55. The van der Waals surface area contributed by atoms with E-state index in [1.807, 2.05) is 67.6 Å². The molecule has 5 rings (SSSR count). The Balaban J connectivity index is 1.64. The molecule has 1 aromatic heterocycles.